The van der Waals surface area contributed by atoms with Crippen LogP contribution in [0, 0.1) is 0 Å². The summed E-state index contributed by atoms with van der Waals surface area (Å²) >= 11 is 1.24. The minimum absolute atomic E-state index is 0.0363. The lowest BCUT2D eigenvalue weighted by Gasteiger charge is -2.14. The van der Waals surface area contributed by atoms with Gasteiger partial charge in [-0.1, -0.05) is 0 Å². The fourth-order valence-corrected chi connectivity index (χ4v) is 4.96. The lowest BCUT2D eigenvalue weighted by molar-refractivity contribution is 0.102. The average Bonchev–Trinajstić information content (AvgIpc) is 3.13. The summed E-state index contributed by atoms with van der Waals surface area (Å²) in [6, 6.07) is 4.12. The Morgan fingerprint density at radius 3 is 1.88 bits per heavy atom. The van der Waals surface area contributed by atoms with Crippen molar-refractivity contribution in [2.45, 2.75) is 25.7 Å². The van der Waals surface area contributed by atoms with E-state index in [9.17, 15) is 40.2 Å². The highest BCUT2D eigenvalue weighted by atomic mass is 32.1. The molecule has 0 radical (unpaired) electrons. The lowest BCUT2D eigenvalue weighted by Crippen LogP contribution is -2.18. The Kier molecular flexibility index (Phi) is 5.64. The van der Waals surface area contributed by atoms with Gasteiger partial charge < -0.3 is 41.3 Å². The number of nitrogens with one attached hydrogen (secondary N) is 2. The van der Waals surface area contributed by atoms with Crippen LogP contribution in [0.2, 0.25) is 0 Å². The summed E-state index contributed by atoms with van der Waals surface area (Å²) in [6.07, 6.45) is 3.15. The number of benzene rings is 2. The number of fused-ring (bicyclic) bond motifs is 1. The molecule has 1 heterocycles. The summed E-state index contributed by atoms with van der Waals surface area (Å²) in [4.78, 5) is 26.9. The number of carbonyl (C=O) groups is 2. The molecule has 0 fully saturated rings. The molecule has 0 unspecified atom stereocenters. The summed E-state index contributed by atoms with van der Waals surface area (Å²) in [5, 5.41) is 63.2. The van der Waals surface area contributed by atoms with Crippen LogP contribution in [-0.2, 0) is 12.8 Å². The van der Waals surface area contributed by atoms with Gasteiger partial charge in [-0.25, -0.2) is 0 Å². The maximum Gasteiger partial charge on any atom is 0.258 e. The highest BCUT2D eigenvalue weighted by Crippen LogP contribution is 2.41. The lowest BCUT2D eigenvalue weighted by atomic mass is 9.95. The smallest absolute Gasteiger partial charge is 0.258 e. The van der Waals surface area contributed by atoms with Crippen LogP contribution in [0.25, 0.3) is 0 Å². The fourth-order valence-electron chi connectivity index (χ4n) is 3.67. The number of aryl methyl sites for hydroxylation is 1. The zero-order chi connectivity index (χ0) is 23.9. The molecule has 0 bridgehead atoms. The first-order valence-electron chi connectivity index (χ1n) is 9.92. The molecule has 8 N–H and O–H groups in total. The first-order valence-corrected chi connectivity index (χ1v) is 10.7. The summed E-state index contributed by atoms with van der Waals surface area (Å²) in [6.45, 7) is 0. The van der Waals surface area contributed by atoms with E-state index in [0.29, 0.717) is 6.42 Å². The van der Waals surface area contributed by atoms with Crippen molar-refractivity contribution in [3.63, 3.8) is 0 Å². The van der Waals surface area contributed by atoms with Gasteiger partial charge in [0.15, 0.2) is 34.5 Å². The highest BCUT2D eigenvalue weighted by Gasteiger charge is 2.27. The number of amides is 2. The first-order chi connectivity index (χ1) is 15.7. The van der Waals surface area contributed by atoms with Crippen molar-refractivity contribution in [3.8, 4) is 34.5 Å². The number of carbonyl (C=O) groups excluding carboxylic acids is 2. The van der Waals surface area contributed by atoms with E-state index in [0.717, 1.165) is 54.0 Å². The molecule has 2 aromatic carbocycles. The molecule has 0 saturated heterocycles. The zero-order valence-corrected chi connectivity index (χ0v) is 17.9. The number of thiophene rings is 1. The molecule has 10 nitrogen and oxygen atoms in total. The molecule has 11 heteroatoms. The largest absolute Gasteiger partial charge is 0.504 e. The third-order valence-electron chi connectivity index (χ3n) is 5.28. The summed E-state index contributed by atoms with van der Waals surface area (Å²) in [5.41, 5.74) is 0.910. The fraction of sp³-hybridized carbons (Fsp3) is 0.182. The van der Waals surface area contributed by atoms with Crippen molar-refractivity contribution in [2.24, 2.45) is 0 Å². The van der Waals surface area contributed by atoms with E-state index in [1.807, 2.05) is 0 Å². The van der Waals surface area contributed by atoms with Gasteiger partial charge in [0.2, 0.25) is 0 Å². The molecule has 2 amide bonds. The third kappa shape index (κ3) is 4.17. The van der Waals surface area contributed by atoms with Gasteiger partial charge in [-0.2, -0.15) is 0 Å². The van der Waals surface area contributed by atoms with Gasteiger partial charge in [0.25, 0.3) is 11.8 Å². The van der Waals surface area contributed by atoms with Crippen molar-refractivity contribution in [2.75, 3.05) is 10.6 Å². The average molecular weight is 472 g/mol. The topological polar surface area (TPSA) is 180 Å². The second-order valence-electron chi connectivity index (χ2n) is 7.55. The van der Waals surface area contributed by atoms with Crippen molar-refractivity contribution in [1.82, 2.24) is 0 Å². The Balaban J connectivity index is 1.68. The van der Waals surface area contributed by atoms with Crippen LogP contribution in [0.3, 0.4) is 0 Å². The minimum Gasteiger partial charge on any atom is -0.504 e. The SMILES string of the molecule is O=C(Nc1sc2c(c1C(=O)Nc1cc(O)c(O)c(O)c1)CCCC2)c1cc(O)c(O)c(O)c1. The van der Waals surface area contributed by atoms with Gasteiger partial charge in [0.1, 0.15) is 5.00 Å². The van der Waals surface area contributed by atoms with Gasteiger partial charge >= 0.3 is 0 Å². The summed E-state index contributed by atoms with van der Waals surface area (Å²) in [5.74, 6) is -5.34. The van der Waals surface area contributed by atoms with Gasteiger partial charge in [0, 0.05) is 28.3 Å². The Morgan fingerprint density at radius 1 is 0.727 bits per heavy atom. The number of rotatable bonds is 4. The van der Waals surface area contributed by atoms with Crippen LogP contribution in [0.4, 0.5) is 10.7 Å². The Morgan fingerprint density at radius 2 is 1.27 bits per heavy atom. The molecule has 1 aliphatic rings. The summed E-state index contributed by atoms with van der Waals surface area (Å²) in [7, 11) is 0. The van der Waals surface area contributed by atoms with E-state index >= 15 is 0 Å². The summed E-state index contributed by atoms with van der Waals surface area (Å²) < 4.78 is 0. The number of phenols is 6. The maximum absolute atomic E-state index is 13.2. The van der Waals surface area contributed by atoms with Gasteiger partial charge in [-0.15, -0.1) is 11.3 Å². The van der Waals surface area contributed by atoms with Crippen molar-refractivity contribution in [1.29, 1.82) is 0 Å². The molecule has 0 aliphatic heterocycles. The molecule has 1 aromatic heterocycles. The molecule has 172 valence electrons. The molecule has 3 aromatic rings. The molecule has 0 spiro atoms. The first kappa shape index (κ1) is 22.1. The van der Waals surface area contributed by atoms with Crippen LogP contribution >= 0.6 is 11.3 Å². The van der Waals surface area contributed by atoms with E-state index in [1.165, 1.54) is 11.3 Å². The molecule has 0 saturated carbocycles. The molecular weight excluding hydrogens is 452 g/mol. The van der Waals surface area contributed by atoms with Gasteiger partial charge in [-0.05, 0) is 43.4 Å². The molecule has 1 aliphatic carbocycles. The van der Waals surface area contributed by atoms with E-state index in [1.54, 1.807) is 0 Å². The second-order valence-corrected chi connectivity index (χ2v) is 8.65. The standard InChI is InChI=1S/C22H20N2O8S/c25-12-5-9(6-13(26)18(12)29)20(31)24-22-17(11-3-1-2-4-16(11)33-22)21(32)23-10-7-14(27)19(30)15(28)8-10/h5-8,25-30H,1-4H2,(H,23,32)(H,24,31). The number of hydrogen-bond donors (Lipinski definition) is 8. The quantitative estimate of drug-likeness (QED) is 0.210. The van der Waals surface area contributed by atoms with Gasteiger partial charge in [-0.3, -0.25) is 9.59 Å². The Bertz CT molecular complexity index is 1240. The Hall–Kier alpha value is -4.12. The van der Waals surface area contributed by atoms with Crippen molar-refractivity contribution in [3.05, 3.63) is 45.8 Å². The normalized spacial score (nSPS) is 12.7. The Labute approximate surface area is 191 Å². The minimum atomic E-state index is -0.751. The van der Waals surface area contributed by atoms with E-state index in [2.05, 4.69) is 10.6 Å². The van der Waals surface area contributed by atoms with E-state index in [-0.39, 0.29) is 21.8 Å². The second kappa shape index (κ2) is 8.43. The molecule has 0 atom stereocenters. The van der Waals surface area contributed by atoms with Crippen LogP contribution in [0.5, 0.6) is 34.5 Å². The maximum atomic E-state index is 13.2. The number of phenolic OH excluding ortho intramolecular Hbond substituents is 6. The predicted octanol–water partition coefficient (Wildman–Crippen LogP) is 3.37. The van der Waals surface area contributed by atoms with Gasteiger partial charge in [0.05, 0.1) is 5.56 Å². The number of anilines is 2. The monoisotopic (exact) mass is 472 g/mol. The zero-order valence-electron chi connectivity index (χ0n) is 17.0. The van der Waals surface area contributed by atoms with E-state index in [4.69, 9.17) is 0 Å². The predicted molar refractivity (Wildman–Crippen MR) is 120 cm³/mol. The third-order valence-corrected chi connectivity index (χ3v) is 6.49. The van der Waals surface area contributed by atoms with Crippen molar-refractivity contribution < 1.29 is 40.2 Å². The molecule has 4 rings (SSSR count). The number of aromatic hydroxyl groups is 6. The van der Waals surface area contributed by atoms with Crippen LogP contribution in [-0.4, -0.2) is 42.5 Å². The van der Waals surface area contributed by atoms with Crippen LogP contribution in [0.15, 0.2) is 24.3 Å². The molecular formula is C22H20N2O8S. The highest BCUT2D eigenvalue weighted by molar-refractivity contribution is 7.17. The van der Waals surface area contributed by atoms with E-state index < -0.39 is 46.3 Å². The van der Waals surface area contributed by atoms with Crippen LogP contribution in [0.1, 0.15) is 44.0 Å². The number of hydrogen-bond acceptors (Lipinski definition) is 9. The van der Waals surface area contributed by atoms with Crippen LogP contribution < -0.4 is 10.6 Å². The van der Waals surface area contributed by atoms with Crippen molar-refractivity contribution >= 4 is 33.8 Å². The molecule has 33 heavy (non-hydrogen) atoms.